The van der Waals surface area contributed by atoms with Gasteiger partial charge in [0, 0.05) is 44.1 Å². The van der Waals surface area contributed by atoms with Gasteiger partial charge in [0.2, 0.25) is 11.8 Å². The third kappa shape index (κ3) is 3.84. The summed E-state index contributed by atoms with van der Waals surface area (Å²) in [5.41, 5.74) is 0.857. The van der Waals surface area contributed by atoms with Gasteiger partial charge >= 0.3 is 6.03 Å². The summed E-state index contributed by atoms with van der Waals surface area (Å²) in [6, 6.07) is 9.39. The van der Waals surface area contributed by atoms with E-state index in [0.717, 1.165) is 12.1 Å². The highest BCUT2D eigenvalue weighted by atomic mass is 16.5. The Hall–Kier alpha value is -3.16. The monoisotopic (exact) mass is 367 g/mol. The maximum Gasteiger partial charge on any atom is 0.325 e. The van der Waals surface area contributed by atoms with Gasteiger partial charge in [0.15, 0.2) is 0 Å². The van der Waals surface area contributed by atoms with Gasteiger partial charge in [-0.3, -0.25) is 14.7 Å². The number of hydrogen-bond acceptors (Lipinski definition) is 5. The van der Waals surface area contributed by atoms with Crippen LogP contribution in [0.1, 0.15) is 6.42 Å². The summed E-state index contributed by atoms with van der Waals surface area (Å²) in [4.78, 5) is 38.3. The zero-order valence-corrected chi connectivity index (χ0v) is 14.9. The van der Waals surface area contributed by atoms with Gasteiger partial charge in [-0.15, -0.1) is 0 Å². The Labute approximate surface area is 157 Å². The lowest BCUT2D eigenvalue weighted by Crippen LogP contribution is -2.42. The average Bonchev–Trinajstić information content (AvgIpc) is 3.31. The molecule has 2 saturated heterocycles. The highest BCUT2D eigenvalue weighted by Gasteiger charge is 2.34. The highest BCUT2D eigenvalue weighted by Crippen LogP contribution is 2.21. The summed E-state index contributed by atoms with van der Waals surface area (Å²) in [6.45, 7) is 2.36. The number of para-hydroxylation sites is 1. The van der Waals surface area contributed by atoms with Crippen molar-refractivity contribution in [2.24, 2.45) is 0 Å². The molecule has 27 heavy (non-hydrogen) atoms. The molecule has 0 saturated carbocycles. The van der Waals surface area contributed by atoms with Crippen molar-refractivity contribution in [2.45, 2.75) is 12.5 Å². The summed E-state index contributed by atoms with van der Waals surface area (Å²) in [7, 11) is 0. The number of aromatic nitrogens is 2. The molecule has 2 aliphatic heterocycles. The van der Waals surface area contributed by atoms with Crippen LogP contribution in [0.15, 0.2) is 48.9 Å². The smallest absolute Gasteiger partial charge is 0.325 e. The van der Waals surface area contributed by atoms with Crippen molar-refractivity contribution in [3.63, 3.8) is 0 Å². The molecule has 4 rings (SSSR count). The minimum Gasteiger partial charge on any atom is -0.471 e. The van der Waals surface area contributed by atoms with E-state index >= 15 is 0 Å². The summed E-state index contributed by atoms with van der Waals surface area (Å²) in [5, 5.41) is 0. The Morgan fingerprint density at radius 2 is 2.00 bits per heavy atom. The second-order valence-electron chi connectivity index (χ2n) is 6.60. The van der Waals surface area contributed by atoms with Crippen molar-refractivity contribution in [2.75, 3.05) is 37.6 Å². The van der Waals surface area contributed by atoms with E-state index in [0.29, 0.717) is 32.1 Å². The van der Waals surface area contributed by atoms with Gasteiger partial charge in [-0.2, -0.15) is 0 Å². The van der Waals surface area contributed by atoms with Gasteiger partial charge in [-0.05, 0) is 12.1 Å². The molecule has 0 radical (unpaired) electrons. The molecule has 8 heteroatoms. The van der Waals surface area contributed by atoms with E-state index in [1.54, 1.807) is 33.3 Å². The Bertz CT molecular complexity index is 802. The molecule has 1 unspecified atom stereocenters. The van der Waals surface area contributed by atoms with Crippen molar-refractivity contribution in [3.8, 4) is 5.88 Å². The number of ether oxygens (including phenoxy) is 1. The Kier molecular flexibility index (Phi) is 4.86. The Morgan fingerprint density at radius 3 is 2.78 bits per heavy atom. The van der Waals surface area contributed by atoms with E-state index in [9.17, 15) is 9.59 Å². The molecule has 2 aromatic rings. The Balaban J connectivity index is 1.30. The lowest BCUT2D eigenvalue weighted by molar-refractivity contribution is -0.130. The number of benzene rings is 1. The Morgan fingerprint density at radius 1 is 1.15 bits per heavy atom. The van der Waals surface area contributed by atoms with Crippen LogP contribution >= 0.6 is 0 Å². The molecule has 0 N–H and O–H groups in total. The number of amides is 3. The molecule has 2 fully saturated rings. The van der Waals surface area contributed by atoms with E-state index < -0.39 is 0 Å². The predicted molar refractivity (Wildman–Crippen MR) is 98.4 cm³/mol. The van der Waals surface area contributed by atoms with Gasteiger partial charge in [0.05, 0.1) is 12.7 Å². The first-order valence-electron chi connectivity index (χ1n) is 9.02. The molecule has 0 spiro atoms. The van der Waals surface area contributed by atoms with Crippen LogP contribution in [-0.4, -0.2) is 70.5 Å². The van der Waals surface area contributed by atoms with E-state index in [-0.39, 0.29) is 24.6 Å². The first-order chi connectivity index (χ1) is 13.2. The number of carbonyl (C=O) groups is 2. The van der Waals surface area contributed by atoms with Crippen LogP contribution in [0.25, 0.3) is 0 Å². The van der Waals surface area contributed by atoms with Gasteiger partial charge in [0.25, 0.3) is 0 Å². The van der Waals surface area contributed by atoms with Crippen molar-refractivity contribution < 1.29 is 14.3 Å². The third-order valence-corrected chi connectivity index (χ3v) is 4.81. The quantitative estimate of drug-likeness (QED) is 0.798. The van der Waals surface area contributed by atoms with Crippen LogP contribution in [0.2, 0.25) is 0 Å². The van der Waals surface area contributed by atoms with E-state index in [2.05, 4.69) is 9.97 Å². The lowest BCUT2D eigenvalue weighted by atomic mass is 10.3. The SMILES string of the molecule is O=C(CN1CCN(c2ccccc2)C1=O)N1CCC(Oc2cnccn2)C1. The highest BCUT2D eigenvalue weighted by molar-refractivity contribution is 5.96. The molecule has 0 aliphatic carbocycles. The van der Waals surface area contributed by atoms with Crippen molar-refractivity contribution in [1.29, 1.82) is 0 Å². The fourth-order valence-corrected chi connectivity index (χ4v) is 3.41. The van der Waals surface area contributed by atoms with Gasteiger partial charge in [-0.1, -0.05) is 18.2 Å². The maximum absolute atomic E-state index is 12.6. The number of rotatable bonds is 5. The van der Waals surface area contributed by atoms with Crippen LogP contribution in [0.4, 0.5) is 10.5 Å². The third-order valence-electron chi connectivity index (χ3n) is 4.81. The second kappa shape index (κ2) is 7.61. The fourth-order valence-electron chi connectivity index (χ4n) is 3.41. The number of carbonyl (C=O) groups excluding carboxylic acids is 2. The summed E-state index contributed by atoms with van der Waals surface area (Å²) in [6.07, 6.45) is 5.37. The van der Waals surface area contributed by atoms with Crippen LogP contribution < -0.4 is 9.64 Å². The average molecular weight is 367 g/mol. The number of anilines is 1. The lowest BCUT2D eigenvalue weighted by Gasteiger charge is -2.22. The van der Waals surface area contributed by atoms with Crippen molar-refractivity contribution >= 4 is 17.6 Å². The molecule has 1 aromatic heterocycles. The van der Waals surface area contributed by atoms with Crippen LogP contribution in [-0.2, 0) is 4.79 Å². The number of hydrogen-bond donors (Lipinski definition) is 0. The van der Waals surface area contributed by atoms with Gasteiger partial charge in [-0.25, -0.2) is 9.78 Å². The van der Waals surface area contributed by atoms with Gasteiger partial charge in [0.1, 0.15) is 12.6 Å². The van der Waals surface area contributed by atoms with Crippen LogP contribution in [0.3, 0.4) is 0 Å². The molecule has 3 amide bonds. The summed E-state index contributed by atoms with van der Waals surface area (Å²) in [5.74, 6) is 0.411. The number of likely N-dealkylation sites (tertiary alicyclic amines) is 1. The van der Waals surface area contributed by atoms with Crippen LogP contribution in [0.5, 0.6) is 5.88 Å². The van der Waals surface area contributed by atoms with E-state index in [1.807, 2.05) is 30.3 Å². The fraction of sp³-hybridized carbons (Fsp3) is 0.368. The molecule has 3 heterocycles. The standard InChI is InChI=1S/C19H21N5O3/c25-18(22-9-6-16(13-22)27-17-12-20-7-8-21-17)14-23-10-11-24(19(23)26)15-4-2-1-3-5-15/h1-5,7-8,12,16H,6,9-11,13-14H2. The molecule has 0 bridgehead atoms. The molecule has 2 aliphatic rings. The second-order valence-corrected chi connectivity index (χ2v) is 6.60. The molecule has 8 nitrogen and oxygen atoms in total. The first-order valence-corrected chi connectivity index (χ1v) is 9.02. The van der Waals surface area contributed by atoms with E-state index in [4.69, 9.17) is 4.74 Å². The molecule has 1 aromatic carbocycles. The molecular weight excluding hydrogens is 346 g/mol. The molecule has 140 valence electrons. The predicted octanol–water partition coefficient (Wildman–Crippen LogP) is 1.40. The largest absolute Gasteiger partial charge is 0.471 e. The first kappa shape index (κ1) is 17.3. The normalized spacial score (nSPS) is 19.6. The summed E-state index contributed by atoms with van der Waals surface area (Å²) < 4.78 is 5.77. The zero-order valence-electron chi connectivity index (χ0n) is 14.9. The molecular formula is C19H21N5O3. The topological polar surface area (TPSA) is 78.9 Å². The van der Waals surface area contributed by atoms with Gasteiger partial charge < -0.3 is 14.5 Å². The van der Waals surface area contributed by atoms with E-state index in [1.165, 1.54) is 0 Å². The van der Waals surface area contributed by atoms with Crippen molar-refractivity contribution in [3.05, 3.63) is 48.9 Å². The van der Waals surface area contributed by atoms with Crippen LogP contribution in [0, 0.1) is 0 Å². The minimum absolute atomic E-state index is 0.0523. The number of urea groups is 1. The zero-order chi connectivity index (χ0) is 18.6. The molecule has 1 atom stereocenters. The van der Waals surface area contributed by atoms with Crippen molar-refractivity contribution in [1.82, 2.24) is 19.8 Å². The number of nitrogens with zero attached hydrogens (tertiary/aromatic N) is 5. The minimum atomic E-state index is -0.124. The maximum atomic E-state index is 12.6. The summed E-state index contributed by atoms with van der Waals surface area (Å²) >= 11 is 0.